The number of likely N-dealkylation sites (N-methyl/N-ethyl adjacent to an activating group) is 1. The first kappa shape index (κ1) is 10.1. The highest BCUT2D eigenvalue weighted by Gasteiger charge is 2.42. The third-order valence-electron chi connectivity index (χ3n) is 3.59. The first-order valence-electron chi connectivity index (χ1n) is 5.56. The summed E-state index contributed by atoms with van der Waals surface area (Å²) in [6.45, 7) is 7.27. The van der Waals surface area contributed by atoms with Crippen molar-refractivity contribution in [2.75, 3.05) is 26.7 Å². The minimum absolute atomic E-state index is 0.327. The number of ketones is 1. The molecule has 0 radical (unpaired) electrons. The molecule has 0 N–H and O–H groups in total. The number of piperidine rings is 1. The molecule has 2 unspecified atom stereocenters. The number of nitrogens with zero attached hydrogens (tertiary/aromatic N) is 2. The van der Waals surface area contributed by atoms with Crippen LogP contribution in [-0.2, 0) is 4.79 Å². The molecule has 0 saturated carbocycles. The van der Waals surface area contributed by atoms with Crippen LogP contribution in [0.25, 0.3) is 0 Å². The zero-order valence-electron chi connectivity index (χ0n) is 9.36. The van der Waals surface area contributed by atoms with Crippen molar-refractivity contribution in [1.82, 2.24) is 9.80 Å². The summed E-state index contributed by atoms with van der Waals surface area (Å²) in [5.74, 6) is 0.778. The molecular weight excluding hydrogens is 176 g/mol. The SMILES string of the molecule is CC(C)N1CCC2C(=O)CN(C)CC21. The first-order valence-corrected chi connectivity index (χ1v) is 5.56. The van der Waals surface area contributed by atoms with Crippen LogP contribution in [0, 0.1) is 5.92 Å². The Kier molecular flexibility index (Phi) is 2.62. The highest BCUT2D eigenvalue weighted by atomic mass is 16.1. The van der Waals surface area contributed by atoms with Gasteiger partial charge in [-0.3, -0.25) is 14.6 Å². The van der Waals surface area contributed by atoms with Crippen LogP contribution in [0.3, 0.4) is 0 Å². The summed E-state index contributed by atoms with van der Waals surface area (Å²) in [5.41, 5.74) is 0. The highest BCUT2D eigenvalue weighted by molar-refractivity contribution is 5.84. The van der Waals surface area contributed by atoms with E-state index in [1.54, 1.807) is 0 Å². The van der Waals surface area contributed by atoms with E-state index in [1.807, 2.05) is 7.05 Å². The Hall–Kier alpha value is -0.410. The van der Waals surface area contributed by atoms with Gasteiger partial charge in [-0.25, -0.2) is 0 Å². The maximum atomic E-state index is 11.8. The largest absolute Gasteiger partial charge is 0.298 e. The molecule has 0 aromatic heterocycles. The molecule has 2 rings (SSSR count). The van der Waals surface area contributed by atoms with Crippen LogP contribution >= 0.6 is 0 Å². The lowest BCUT2D eigenvalue weighted by atomic mass is 9.91. The Morgan fingerprint density at radius 2 is 2.14 bits per heavy atom. The molecule has 2 aliphatic rings. The lowest BCUT2D eigenvalue weighted by molar-refractivity contribution is -0.127. The van der Waals surface area contributed by atoms with Crippen LogP contribution in [0.5, 0.6) is 0 Å². The van der Waals surface area contributed by atoms with Gasteiger partial charge in [0.25, 0.3) is 0 Å². The van der Waals surface area contributed by atoms with Crippen LogP contribution < -0.4 is 0 Å². The van der Waals surface area contributed by atoms with Crippen LogP contribution in [-0.4, -0.2) is 54.3 Å². The van der Waals surface area contributed by atoms with Crippen molar-refractivity contribution in [2.24, 2.45) is 5.92 Å². The number of fused-ring (bicyclic) bond motifs is 1. The minimum atomic E-state index is 0.327. The van der Waals surface area contributed by atoms with Crippen molar-refractivity contribution in [3.8, 4) is 0 Å². The number of rotatable bonds is 1. The second-order valence-electron chi connectivity index (χ2n) is 4.96. The van der Waals surface area contributed by atoms with Gasteiger partial charge in [0.15, 0.2) is 5.78 Å². The van der Waals surface area contributed by atoms with Crippen LogP contribution in [0.4, 0.5) is 0 Å². The summed E-state index contributed by atoms with van der Waals surface area (Å²) in [5, 5.41) is 0. The molecule has 2 heterocycles. The van der Waals surface area contributed by atoms with E-state index in [0.717, 1.165) is 19.5 Å². The summed E-state index contributed by atoms with van der Waals surface area (Å²) in [6, 6.07) is 1.06. The van der Waals surface area contributed by atoms with E-state index in [9.17, 15) is 4.79 Å². The molecule has 2 saturated heterocycles. The van der Waals surface area contributed by atoms with Gasteiger partial charge in [-0.15, -0.1) is 0 Å². The zero-order chi connectivity index (χ0) is 10.3. The predicted molar refractivity (Wildman–Crippen MR) is 56.2 cm³/mol. The maximum Gasteiger partial charge on any atom is 0.151 e. The van der Waals surface area contributed by atoms with Crippen molar-refractivity contribution in [3.63, 3.8) is 0 Å². The van der Waals surface area contributed by atoms with E-state index in [-0.39, 0.29) is 0 Å². The standard InChI is InChI=1S/C11H20N2O/c1-8(2)13-5-4-9-10(13)6-12(3)7-11(9)14/h8-10H,4-7H2,1-3H3. The van der Waals surface area contributed by atoms with Crippen LogP contribution in [0.15, 0.2) is 0 Å². The number of Topliss-reactive ketones (excluding diaryl/α,β-unsaturated/α-hetero) is 1. The smallest absolute Gasteiger partial charge is 0.151 e. The number of carbonyl (C=O) groups excluding carboxylic acids is 1. The molecule has 0 amide bonds. The van der Waals surface area contributed by atoms with E-state index < -0.39 is 0 Å². The van der Waals surface area contributed by atoms with Gasteiger partial charge in [-0.1, -0.05) is 0 Å². The van der Waals surface area contributed by atoms with Crippen molar-refractivity contribution in [1.29, 1.82) is 0 Å². The maximum absolute atomic E-state index is 11.8. The number of hydrogen-bond donors (Lipinski definition) is 0. The van der Waals surface area contributed by atoms with Crippen molar-refractivity contribution >= 4 is 5.78 Å². The summed E-state index contributed by atoms with van der Waals surface area (Å²) in [6.07, 6.45) is 1.08. The second kappa shape index (κ2) is 3.63. The molecule has 2 fully saturated rings. The van der Waals surface area contributed by atoms with Crippen molar-refractivity contribution in [2.45, 2.75) is 32.4 Å². The van der Waals surface area contributed by atoms with Gasteiger partial charge >= 0.3 is 0 Å². The highest BCUT2D eigenvalue weighted by Crippen LogP contribution is 2.30. The Morgan fingerprint density at radius 1 is 1.43 bits per heavy atom. The fraction of sp³-hybridized carbons (Fsp3) is 0.909. The number of likely N-dealkylation sites (tertiary alicyclic amines) is 2. The van der Waals surface area contributed by atoms with Gasteiger partial charge in [0.1, 0.15) is 0 Å². The number of hydrogen-bond acceptors (Lipinski definition) is 3. The third-order valence-corrected chi connectivity index (χ3v) is 3.59. The normalized spacial score (nSPS) is 35.3. The fourth-order valence-electron chi connectivity index (χ4n) is 2.89. The summed E-state index contributed by atoms with van der Waals surface area (Å²) in [7, 11) is 2.05. The fourth-order valence-corrected chi connectivity index (χ4v) is 2.89. The summed E-state index contributed by atoms with van der Waals surface area (Å²) in [4.78, 5) is 16.4. The van der Waals surface area contributed by atoms with Crippen molar-refractivity contribution < 1.29 is 4.79 Å². The molecular formula is C11H20N2O. The molecule has 0 aromatic rings. The van der Waals surface area contributed by atoms with Gasteiger partial charge in [-0.05, 0) is 33.9 Å². The van der Waals surface area contributed by atoms with Gasteiger partial charge in [-0.2, -0.15) is 0 Å². The topological polar surface area (TPSA) is 23.6 Å². The van der Waals surface area contributed by atoms with E-state index >= 15 is 0 Å². The lowest BCUT2D eigenvalue weighted by Gasteiger charge is -2.37. The van der Waals surface area contributed by atoms with E-state index in [4.69, 9.17) is 0 Å². The molecule has 2 atom stereocenters. The quantitative estimate of drug-likeness (QED) is 0.613. The third kappa shape index (κ3) is 1.59. The Balaban J connectivity index is 2.13. The Bertz CT molecular complexity index is 239. The lowest BCUT2D eigenvalue weighted by Crippen LogP contribution is -2.52. The van der Waals surface area contributed by atoms with Gasteiger partial charge in [0, 0.05) is 24.5 Å². The van der Waals surface area contributed by atoms with Crippen LogP contribution in [0.1, 0.15) is 20.3 Å². The molecule has 14 heavy (non-hydrogen) atoms. The average molecular weight is 196 g/mol. The minimum Gasteiger partial charge on any atom is -0.298 e. The van der Waals surface area contributed by atoms with E-state index in [2.05, 4.69) is 23.6 Å². The Labute approximate surface area is 86.1 Å². The van der Waals surface area contributed by atoms with E-state index in [0.29, 0.717) is 30.3 Å². The van der Waals surface area contributed by atoms with Gasteiger partial charge in [0.05, 0.1) is 6.54 Å². The van der Waals surface area contributed by atoms with Gasteiger partial charge < -0.3 is 0 Å². The molecule has 3 heteroatoms. The predicted octanol–water partition coefficient (Wildman–Crippen LogP) is 0.600. The average Bonchev–Trinajstić information content (AvgIpc) is 2.47. The summed E-state index contributed by atoms with van der Waals surface area (Å²) < 4.78 is 0. The Morgan fingerprint density at radius 3 is 2.79 bits per heavy atom. The van der Waals surface area contributed by atoms with E-state index in [1.165, 1.54) is 0 Å². The second-order valence-corrected chi connectivity index (χ2v) is 4.96. The van der Waals surface area contributed by atoms with Crippen LogP contribution in [0.2, 0.25) is 0 Å². The first-order chi connectivity index (χ1) is 6.59. The number of carbonyl (C=O) groups is 1. The molecule has 80 valence electrons. The molecule has 0 aliphatic carbocycles. The summed E-state index contributed by atoms with van der Waals surface area (Å²) >= 11 is 0. The monoisotopic (exact) mass is 196 g/mol. The van der Waals surface area contributed by atoms with Crippen molar-refractivity contribution in [3.05, 3.63) is 0 Å². The molecule has 0 aromatic carbocycles. The molecule has 3 nitrogen and oxygen atoms in total. The zero-order valence-corrected chi connectivity index (χ0v) is 9.36. The molecule has 0 spiro atoms. The van der Waals surface area contributed by atoms with Gasteiger partial charge in [0.2, 0.25) is 0 Å². The molecule has 0 bridgehead atoms. The molecule has 2 aliphatic heterocycles.